The SMILES string of the molecule is CCC(C)(C)Nc1cccc(NC)c1[N+](=O)[O-]. The van der Waals surface area contributed by atoms with Crippen LogP contribution in [0.4, 0.5) is 17.1 Å². The minimum atomic E-state index is -0.361. The molecular formula is C12H19N3O2. The molecule has 94 valence electrons. The van der Waals surface area contributed by atoms with Crippen LogP contribution in [-0.4, -0.2) is 17.5 Å². The molecule has 2 N–H and O–H groups in total. The number of nitrogens with one attached hydrogen (secondary N) is 2. The number of hydrogen-bond donors (Lipinski definition) is 2. The molecule has 0 fully saturated rings. The first kappa shape index (κ1) is 13.3. The first-order valence-corrected chi connectivity index (χ1v) is 5.64. The maximum absolute atomic E-state index is 11.1. The van der Waals surface area contributed by atoms with Gasteiger partial charge in [-0.15, -0.1) is 0 Å². The molecule has 0 heterocycles. The van der Waals surface area contributed by atoms with Gasteiger partial charge in [0.05, 0.1) is 4.92 Å². The van der Waals surface area contributed by atoms with Gasteiger partial charge in [-0.2, -0.15) is 0 Å². The average Bonchev–Trinajstić information content (AvgIpc) is 2.27. The van der Waals surface area contributed by atoms with E-state index in [4.69, 9.17) is 0 Å². The first-order valence-electron chi connectivity index (χ1n) is 5.64. The number of anilines is 2. The van der Waals surface area contributed by atoms with E-state index in [0.717, 1.165) is 6.42 Å². The van der Waals surface area contributed by atoms with Crippen LogP contribution in [0.15, 0.2) is 18.2 Å². The van der Waals surface area contributed by atoms with E-state index in [1.165, 1.54) is 0 Å². The molecule has 5 nitrogen and oxygen atoms in total. The number of rotatable bonds is 5. The molecule has 0 radical (unpaired) electrons. The van der Waals surface area contributed by atoms with Gasteiger partial charge in [0.1, 0.15) is 11.4 Å². The molecule has 0 aliphatic carbocycles. The summed E-state index contributed by atoms with van der Waals surface area (Å²) < 4.78 is 0. The molecule has 0 amide bonds. The maximum atomic E-state index is 11.1. The Morgan fingerprint density at radius 1 is 1.35 bits per heavy atom. The summed E-state index contributed by atoms with van der Waals surface area (Å²) in [6.07, 6.45) is 0.883. The monoisotopic (exact) mass is 237 g/mol. The summed E-state index contributed by atoms with van der Waals surface area (Å²) in [5.74, 6) is 0. The zero-order valence-corrected chi connectivity index (χ0v) is 10.7. The minimum Gasteiger partial charge on any atom is -0.382 e. The molecule has 0 saturated carbocycles. The second kappa shape index (κ2) is 5.03. The standard InChI is InChI=1S/C12H19N3O2/c1-5-12(2,3)14-10-8-6-7-9(13-4)11(10)15(16)17/h6-8,13-14H,5H2,1-4H3. The molecule has 0 bridgehead atoms. The number of nitro benzene ring substituents is 1. The fraction of sp³-hybridized carbons (Fsp3) is 0.500. The molecule has 1 aromatic rings. The average molecular weight is 237 g/mol. The third-order valence-electron chi connectivity index (χ3n) is 2.84. The molecule has 0 saturated heterocycles. The van der Waals surface area contributed by atoms with Gasteiger partial charge in [0, 0.05) is 12.6 Å². The van der Waals surface area contributed by atoms with Crippen molar-refractivity contribution >= 4 is 17.1 Å². The van der Waals surface area contributed by atoms with Gasteiger partial charge in [0.15, 0.2) is 0 Å². The van der Waals surface area contributed by atoms with Crippen LogP contribution < -0.4 is 10.6 Å². The Bertz CT molecular complexity index is 416. The van der Waals surface area contributed by atoms with Crippen LogP contribution >= 0.6 is 0 Å². The highest BCUT2D eigenvalue weighted by atomic mass is 16.6. The lowest BCUT2D eigenvalue weighted by Crippen LogP contribution is -2.30. The molecular weight excluding hydrogens is 218 g/mol. The molecule has 0 atom stereocenters. The lowest BCUT2D eigenvalue weighted by Gasteiger charge is -2.26. The van der Waals surface area contributed by atoms with Crippen molar-refractivity contribution in [2.45, 2.75) is 32.7 Å². The van der Waals surface area contributed by atoms with Crippen molar-refractivity contribution < 1.29 is 4.92 Å². The van der Waals surface area contributed by atoms with Crippen LogP contribution in [0.2, 0.25) is 0 Å². The van der Waals surface area contributed by atoms with Crippen molar-refractivity contribution in [2.24, 2.45) is 0 Å². The van der Waals surface area contributed by atoms with Gasteiger partial charge < -0.3 is 10.6 Å². The van der Waals surface area contributed by atoms with Gasteiger partial charge in [-0.3, -0.25) is 10.1 Å². The first-order chi connectivity index (χ1) is 7.91. The lowest BCUT2D eigenvalue weighted by molar-refractivity contribution is -0.383. The molecule has 0 aliphatic rings. The smallest absolute Gasteiger partial charge is 0.315 e. The minimum absolute atomic E-state index is 0.0940. The summed E-state index contributed by atoms with van der Waals surface area (Å²) in [5, 5.41) is 17.2. The van der Waals surface area contributed by atoms with Crippen molar-refractivity contribution in [3.63, 3.8) is 0 Å². The quantitative estimate of drug-likeness (QED) is 0.609. The Labute approximate surface area is 101 Å². The molecule has 1 rings (SSSR count). The van der Waals surface area contributed by atoms with Gasteiger partial charge >= 0.3 is 5.69 Å². The summed E-state index contributed by atoms with van der Waals surface area (Å²) in [6.45, 7) is 6.08. The molecule has 1 aromatic carbocycles. The fourth-order valence-electron chi connectivity index (χ4n) is 1.50. The zero-order valence-electron chi connectivity index (χ0n) is 10.7. The van der Waals surface area contributed by atoms with Crippen LogP contribution in [0.5, 0.6) is 0 Å². The summed E-state index contributed by atoms with van der Waals surface area (Å²) >= 11 is 0. The Balaban J connectivity index is 3.19. The van der Waals surface area contributed by atoms with Gasteiger partial charge in [-0.25, -0.2) is 0 Å². The van der Waals surface area contributed by atoms with Gasteiger partial charge in [0.2, 0.25) is 0 Å². The van der Waals surface area contributed by atoms with E-state index < -0.39 is 0 Å². The van der Waals surface area contributed by atoms with Crippen LogP contribution in [-0.2, 0) is 0 Å². The van der Waals surface area contributed by atoms with Gasteiger partial charge in [0.25, 0.3) is 0 Å². The number of benzene rings is 1. The highest BCUT2D eigenvalue weighted by molar-refractivity contribution is 5.76. The van der Waals surface area contributed by atoms with E-state index in [1.54, 1.807) is 25.2 Å². The number of hydrogen-bond acceptors (Lipinski definition) is 4. The maximum Gasteiger partial charge on any atom is 0.315 e. The molecule has 5 heteroatoms. The van der Waals surface area contributed by atoms with E-state index in [9.17, 15) is 10.1 Å². The zero-order chi connectivity index (χ0) is 13.1. The predicted molar refractivity (Wildman–Crippen MR) is 70.6 cm³/mol. The molecule has 0 unspecified atom stereocenters. The Hall–Kier alpha value is -1.78. The molecule has 0 aromatic heterocycles. The normalized spacial score (nSPS) is 11.1. The fourth-order valence-corrected chi connectivity index (χ4v) is 1.50. The van der Waals surface area contributed by atoms with E-state index in [0.29, 0.717) is 11.4 Å². The number of nitrogens with zero attached hydrogens (tertiary/aromatic N) is 1. The van der Waals surface area contributed by atoms with Gasteiger partial charge in [-0.05, 0) is 32.4 Å². The summed E-state index contributed by atoms with van der Waals surface area (Å²) in [6, 6.07) is 5.23. The summed E-state index contributed by atoms with van der Waals surface area (Å²) in [4.78, 5) is 10.7. The van der Waals surface area contributed by atoms with E-state index in [1.807, 2.05) is 20.8 Å². The van der Waals surface area contributed by atoms with Crippen molar-refractivity contribution in [1.29, 1.82) is 0 Å². The second-order valence-corrected chi connectivity index (χ2v) is 4.57. The van der Waals surface area contributed by atoms with Crippen LogP contribution in [0, 0.1) is 10.1 Å². The predicted octanol–water partition coefficient (Wildman–Crippen LogP) is 3.24. The molecule has 0 spiro atoms. The summed E-state index contributed by atoms with van der Waals surface area (Å²) in [5.41, 5.74) is 0.994. The Kier molecular flexibility index (Phi) is 3.93. The van der Waals surface area contributed by atoms with E-state index in [-0.39, 0.29) is 16.1 Å². The lowest BCUT2D eigenvalue weighted by atomic mass is 10.0. The third kappa shape index (κ3) is 3.09. The van der Waals surface area contributed by atoms with Crippen LogP contribution in [0.3, 0.4) is 0 Å². The van der Waals surface area contributed by atoms with Crippen LogP contribution in [0.25, 0.3) is 0 Å². The third-order valence-corrected chi connectivity index (χ3v) is 2.84. The van der Waals surface area contributed by atoms with Gasteiger partial charge in [-0.1, -0.05) is 13.0 Å². The number of nitro groups is 1. The Morgan fingerprint density at radius 3 is 2.41 bits per heavy atom. The Morgan fingerprint density at radius 2 is 1.94 bits per heavy atom. The largest absolute Gasteiger partial charge is 0.382 e. The highest BCUT2D eigenvalue weighted by Gasteiger charge is 2.23. The van der Waals surface area contributed by atoms with E-state index >= 15 is 0 Å². The highest BCUT2D eigenvalue weighted by Crippen LogP contribution is 2.34. The van der Waals surface area contributed by atoms with Crippen molar-refractivity contribution in [3.8, 4) is 0 Å². The molecule has 0 aliphatic heterocycles. The number of para-hydroxylation sites is 1. The molecule has 17 heavy (non-hydrogen) atoms. The topological polar surface area (TPSA) is 67.2 Å². The summed E-state index contributed by atoms with van der Waals surface area (Å²) in [7, 11) is 1.68. The second-order valence-electron chi connectivity index (χ2n) is 4.57. The van der Waals surface area contributed by atoms with Crippen molar-refractivity contribution in [1.82, 2.24) is 0 Å². The van der Waals surface area contributed by atoms with Crippen LogP contribution in [0.1, 0.15) is 27.2 Å². The van der Waals surface area contributed by atoms with E-state index in [2.05, 4.69) is 10.6 Å². The van der Waals surface area contributed by atoms with Crippen molar-refractivity contribution in [3.05, 3.63) is 28.3 Å². The van der Waals surface area contributed by atoms with Crippen molar-refractivity contribution in [2.75, 3.05) is 17.7 Å².